The second-order valence-corrected chi connectivity index (χ2v) is 4.44. The molecule has 1 heterocycles. The van der Waals surface area contributed by atoms with Crippen molar-refractivity contribution in [2.24, 2.45) is 10.9 Å². The lowest BCUT2D eigenvalue weighted by molar-refractivity contribution is 0.318. The Morgan fingerprint density at radius 1 is 1.35 bits per heavy atom. The number of aromatic nitrogens is 1. The summed E-state index contributed by atoms with van der Waals surface area (Å²) in [5.41, 5.74) is 7.04. The van der Waals surface area contributed by atoms with Crippen LogP contribution in [-0.4, -0.2) is 22.6 Å². The van der Waals surface area contributed by atoms with Gasteiger partial charge in [0.2, 0.25) is 0 Å². The summed E-state index contributed by atoms with van der Waals surface area (Å²) in [6, 6.07) is 11.4. The van der Waals surface area contributed by atoms with Crippen LogP contribution in [0.5, 0.6) is 0 Å². The molecule has 1 aromatic carbocycles. The summed E-state index contributed by atoms with van der Waals surface area (Å²) in [4.78, 5) is 6.26. The van der Waals surface area contributed by atoms with Gasteiger partial charge in [0, 0.05) is 24.0 Å². The van der Waals surface area contributed by atoms with Crippen LogP contribution < -0.4 is 10.6 Å². The molecular formula is C14H15ClN4O. The van der Waals surface area contributed by atoms with Crippen LogP contribution in [0.25, 0.3) is 0 Å². The van der Waals surface area contributed by atoms with E-state index in [1.54, 1.807) is 12.3 Å². The molecule has 0 aliphatic heterocycles. The molecule has 0 aliphatic carbocycles. The highest BCUT2D eigenvalue weighted by atomic mass is 35.5. The molecule has 0 bridgehead atoms. The van der Waals surface area contributed by atoms with Crippen molar-refractivity contribution >= 4 is 28.9 Å². The fourth-order valence-corrected chi connectivity index (χ4v) is 2.25. The van der Waals surface area contributed by atoms with Gasteiger partial charge in [-0.1, -0.05) is 35.0 Å². The van der Waals surface area contributed by atoms with Crippen LogP contribution in [0.15, 0.2) is 47.8 Å². The minimum Gasteiger partial charge on any atom is -0.409 e. The molecule has 0 saturated carbocycles. The molecule has 0 spiro atoms. The van der Waals surface area contributed by atoms with Gasteiger partial charge in [-0.15, -0.1) is 0 Å². The van der Waals surface area contributed by atoms with Crippen molar-refractivity contribution in [3.05, 3.63) is 53.2 Å². The van der Waals surface area contributed by atoms with E-state index < -0.39 is 0 Å². The Kier molecular flexibility index (Phi) is 4.42. The Labute approximate surface area is 122 Å². The van der Waals surface area contributed by atoms with Crippen molar-refractivity contribution in [3.8, 4) is 0 Å². The van der Waals surface area contributed by atoms with Gasteiger partial charge in [-0.05, 0) is 25.1 Å². The molecule has 2 aromatic rings. The van der Waals surface area contributed by atoms with Crippen molar-refractivity contribution < 1.29 is 5.21 Å². The number of hydrogen-bond donors (Lipinski definition) is 2. The maximum Gasteiger partial charge on any atom is 0.171 e. The average Bonchev–Trinajstić information content (AvgIpc) is 2.50. The van der Waals surface area contributed by atoms with Crippen LogP contribution in [0.3, 0.4) is 0 Å². The quantitative estimate of drug-likeness (QED) is 0.393. The molecule has 0 aliphatic rings. The molecular weight excluding hydrogens is 276 g/mol. The number of nitrogens with zero attached hydrogens (tertiary/aromatic N) is 3. The zero-order valence-corrected chi connectivity index (χ0v) is 11.7. The summed E-state index contributed by atoms with van der Waals surface area (Å²) in [7, 11) is 0. The smallest absolute Gasteiger partial charge is 0.171 e. The van der Waals surface area contributed by atoms with E-state index in [0.29, 0.717) is 22.9 Å². The number of benzene rings is 1. The molecule has 3 N–H and O–H groups in total. The van der Waals surface area contributed by atoms with Crippen molar-refractivity contribution in [1.82, 2.24) is 4.98 Å². The Morgan fingerprint density at radius 2 is 2.05 bits per heavy atom. The fourth-order valence-electron chi connectivity index (χ4n) is 1.94. The standard InChI is InChI=1S/C14H15ClN4O/c1-2-19(10-6-4-3-5-7-10)14-12(15)11(8-9-17-14)13(16)18-20/h3-9,20H,2H2,1H3,(H2,16,18). The molecule has 104 valence electrons. The Balaban J connectivity index is 2.51. The lowest BCUT2D eigenvalue weighted by Crippen LogP contribution is -2.20. The van der Waals surface area contributed by atoms with Gasteiger partial charge in [-0.3, -0.25) is 0 Å². The topological polar surface area (TPSA) is 74.7 Å². The van der Waals surface area contributed by atoms with Crippen LogP contribution in [0.1, 0.15) is 12.5 Å². The summed E-state index contributed by atoms with van der Waals surface area (Å²) in [6.07, 6.45) is 1.58. The first kappa shape index (κ1) is 14.1. The third-order valence-electron chi connectivity index (χ3n) is 2.89. The van der Waals surface area contributed by atoms with Gasteiger partial charge < -0.3 is 15.8 Å². The molecule has 2 rings (SSSR count). The summed E-state index contributed by atoms with van der Waals surface area (Å²) >= 11 is 6.33. The van der Waals surface area contributed by atoms with Gasteiger partial charge >= 0.3 is 0 Å². The number of pyridine rings is 1. The molecule has 5 nitrogen and oxygen atoms in total. The van der Waals surface area contributed by atoms with Gasteiger partial charge in [0.25, 0.3) is 0 Å². The fraction of sp³-hybridized carbons (Fsp3) is 0.143. The van der Waals surface area contributed by atoms with Gasteiger partial charge in [-0.2, -0.15) is 0 Å². The molecule has 0 atom stereocenters. The number of nitrogens with two attached hydrogens (primary N) is 1. The molecule has 0 radical (unpaired) electrons. The van der Waals surface area contributed by atoms with Crippen LogP contribution in [0.2, 0.25) is 5.02 Å². The lowest BCUT2D eigenvalue weighted by atomic mass is 10.2. The highest BCUT2D eigenvalue weighted by Crippen LogP contribution is 2.31. The van der Waals surface area contributed by atoms with E-state index in [9.17, 15) is 0 Å². The summed E-state index contributed by atoms with van der Waals surface area (Å²) < 4.78 is 0. The molecule has 20 heavy (non-hydrogen) atoms. The number of hydrogen-bond acceptors (Lipinski definition) is 4. The maximum absolute atomic E-state index is 8.79. The second-order valence-electron chi connectivity index (χ2n) is 4.06. The van der Waals surface area contributed by atoms with Crippen LogP contribution >= 0.6 is 11.6 Å². The minimum atomic E-state index is -0.0391. The Morgan fingerprint density at radius 3 is 2.65 bits per heavy atom. The van der Waals surface area contributed by atoms with E-state index in [0.717, 1.165) is 5.69 Å². The minimum absolute atomic E-state index is 0.0391. The van der Waals surface area contributed by atoms with E-state index >= 15 is 0 Å². The Bertz CT molecular complexity index is 616. The van der Waals surface area contributed by atoms with Crippen molar-refractivity contribution in [2.45, 2.75) is 6.92 Å². The first-order valence-corrected chi connectivity index (χ1v) is 6.51. The van der Waals surface area contributed by atoms with Crippen LogP contribution in [0, 0.1) is 0 Å². The third-order valence-corrected chi connectivity index (χ3v) is 3.27. The molecule has 0 unspecified atom stereocenters. The lowest BCUT2D eigenvalue weighted by Gasteiger charge is -2.23. The van der Waals surface area contributed by atoms with Crippen molar-refractivity contribution in [1.29, 1.82) is 0 Å². The first-order valence-electron chi connectivity index (χ1n) is 6.14. The Hall–Kier alpha value is -2.27. The average molecular weight is 291 g/mol. The van der Waals surface area contributed by atoms with Crippen molar-refractivity contribution in [2.75, 3.05) is 11.4 Å². The highest BCUT2D eigenvalue weighted by Gasteiger charge is 2.16. The van der Waals surface area contributed by atoms with Gasteiger partial charge in [-0.25, -0.2) is 4.98 Å². The normalized spacial score (nSPS) is 11.4. The number of halogens is 1. The number of oxime groups is 1. The summed E-state index contributed by atoms with van der Waals surface area (Å²) in [5.74, 6) is 0.534. The largest absolute Gasteiger partial charge is 0.409 e. The zero-order valence-electron chi connectivity index (χ0n) is 11.0. The van der Waals surface area contributed by atoms with E-state index in [1.807, 2.05) is 42.2 Å². The molecule has 0 saturated heterocycles. The SMILES string of the molecule is CCN(c1ccccc1)c1nccc(/C(N)=N/O)c1Cl. The predicted octanol–water partition coefficient (Wildman–Crippen LogP) is 2.99. The molecule has 0 amide bonds. The molecule has 1 aromatic heterocycles. The first-order chi connectivity index (χ1) is 9.69. The van der Waals surface area contributed by atoms with Crippen LogP contribution in [0.4, 0.5) is 11.5 Å². The van der Waals surface area contributed by atoms with E-state index in [1.165, 1.54) is 0 Å². The van der Waals surface area contributed by atoms with Gasteiger partial charge in [0.15, 0.2) is 11.7 Å². The number of anilines is 2. The van der Waals surface area contributed by atoms with E-state index in [-0.39, 0.29) is 5.84 Å². The number of para-hydroxylation sites is 1. The predicted molar refractivity (Wildman–Crippen MR) is 80.9 cm³/mol. The summed E-state index contributed by atoms with van der Waals surface area (Å²) in [6.45, 7) is 2.69. The number of amidine groups is 1. The van der Waals surface area contributed by atoms with Crippen molar-refractivity contribution in [3.63, 3.8) is 0 Å². The monoisotopic (exact) mass is 290 g/mol. The highest BCUT2D eigenvalue weighted by molar-refractivity contribution is 6.36. The van der Waals surface area contributed by atoms with Crippen LogP contribution in [-0.2, 0) is 0 Å². The van der Waals surface area contributed by atoms with E-state index in [2.05, 4.69) is 10.1 Å². The van der Waals surface area contributed by atoms with Gasteiger partial charge in [0.1, 0.15) is 0 Å². The molecule has 6 heteroatoms. The third kappa shape index (κ3) is 2.67. The zero-order chi connectivity index (χ0) is 14.5. The summed E-state index contributed by atoms with van der Waals surface area (Å²) in [5, 5.41) is 12.1. The maximum atomic E-state index is 8.79. The van der Waals surface area contributed by atoms with Gasteiger partial charge in [0.05, 0.1) is 5.02 Å². The molecule has 0 fully saturated rings. The van der Waals surface area contributed by atoms with E-state index in [4.69, 9.17) is 22.5 Å². The number of rotatable bonds is 4. The second kappa shape index (κ2) is 6.25.